The monoisotopic (exact) mass is 294 g/mol. The van der Waals surface area contributed by atoms with Crippen LogP contribution < -0.4 is 0 Å². The molecular weight excluding hydrogens is 272 g/mol. The highest BCUT2D eigenvalue weighted by Crippen LogP contribution is 2.34. The third-order valence-electron chi connectivity index (χ3n) is 4.34. The molecule has 116 valence electrons. The number of aliphatic carboxylic acids is 1. The molecule has 0 saturated heterocycles. The molecule has 0 atom stereocenters. The number of hydrogen-bond acceptors (Lipinski definition) is 4. The van der Waals surface area contributed by atoms with Crippen molar-refractivity contribution in [3.8, 4) is 0 Å². The molecule has 1 fully saturated rings. The smallest absolute Gasteiger partial charge is 0.329 e. The Bertz CT molecular complexity index is 530. The summed E-state index contributed by atoms with van der Waals surface area (Å²) in [4.78, 5) is 25.6. The minimum Gasteiger partial charge on any atom is -0.479 e. The molecule has 0 unspecified atom stereocenters. The minimum absolute atomic E-state index is 0.132. The van der Waals surface area contributed by atoms with E-state index in [1.54, 1.807) is 13.1 Å². The van der Waals surface area contributed by atoms with E-state index in [1.165, 1.54) is 4.90 Å². The molecule has 2 rings (SSSR count). The van der Waals surface area contributed by atoms with E-state index in [0.717, 1.165) is 19.3 Å². The zero-order chi connectivity index (χ0) is 15.6. The highest BCUT2D eigenvalue weighted by molar-refractivity contribution is 5.96. The van der Waals surface area contributed by atoms with Crippen LogP contribution >= 0.6 is 0 Å². The fourth-order valence-electron chi connectivity index (χ4n) is 2.86. The Morgan fingerprint density at radius 2 is 1.95 bits per heavy atom. The summed E-state index contributed by atoms with van der Waals surface area (Å²) in [5, 5.41) is 13.4. The van der Waals surface area contributed by atoms with Crippen molar-refractivity contribution in [3.63, 3.8) is 0 Å². The van der Waals surface area contributed by atoms with Crippen LogP contribution in [0.25, 0.3) is 0 Å². The van der Waals surface area contributed by atoms with Gasteiger partial charge in [0.2, 0.25) is 0 Å². The van der Waals surface area contributed by atoms with Crippen molar-refractivity contribution in [2.75, 3.05) is 7.05 Å². The summed E-state index contributed by atoms with van der Waals surface area (Å²) in [7, 11) is 1.55. The van der Waals surface area contributed by atoms with E-state index in [4.69, 9.17) is 4.52 Å². The third kappa shape index (κ3) is 2.80. The molecule has 6 heteroatoms. The van der Waals surface area contributed by atoms with Gasteiger partial charge in [0, 0.05) is 19.0 Å². The molecular formula is C15H22N2O4. The molecule has 1 aromatic rings. The van der Waals surface area contributed by atoms with Crippen molar-refractivity contribution in [1.29, 1.82) is 0 Å². The van der Waals surface area contributed by atoms with Crippen LogP contribution in [0.1, 0.15) is 68.1 Å². The second kappa shape index (κ2) is 5.87. The third-order valence-corrected chi connectivity index (χ3v) is 4.34. The summed E-state index contributed by atoms with van der Waals surface area (Å²) < 4.78 is 5.13. The van der Waals surface area contributed by atoms with Gasteiger partial charge in [0.05, 0.1) is 0 Å². The summed E-state index contributed by atoms with van der Waals surface area (Å²) >= 11 is 0. The van der Waals surface area contributed by atoms with Gasteiger partial charge in [-0.2, -0.15) is 0 Å². The van der Waals surface area contributed by atoms with Gasteiger partial charge < -0.3 is 14.5 Å². The second-order valence-corrected chi connectivity index (χ2v) is 6.03. The Labute approximate surface area is 124 Å². The molecule has 6 nitrogen and oxygen atoms in total. The largest absolute Gasteiger partial charge is 0.479 e. The van der Waals surface area contributed by atoms with Crippen molar-refractivity contribution < 1.29 is 19.2 Å². The molecule has 1 saturated carbocycles. The Kier molecular flexibility index (Phi) is 4.34. The fourth-order valence-corrected chi connectivity index (χ4v) is 2.86. The summed E-state index contributed by atoms with van der Waals surface area (Å²) in [6.07, 6.45) is 3.62. The molecule has 1 aliphatic rings. The molecule has 0 spiro atoms. The number of rotatable bonds is 4. The Morgan fingerprint density at radius 1 is 1.33 bits per heavy atom. The Morgan fingerprint density at radius 3 is 2.43 bits per heavy atom. The van der Waals surface area contributed by atoms with Crippen LogP contribution in [0.3, 0.4) is 0 Å². The number of carboxylic acid groups (broad SMARTS) is 1. The standard InChI is InChI=1S/C15H22N2O4/c1-10(2)12-9-11(16-21-12)13(18)17(3)15(14(19)20)7-5-4-6-8-15/h9-10H,4-8H2,1-3H3,(H,19,20). The molecule has 0 aromatic carbocycles. The van der Waals surface area contributed by atoms with Crippen LogP contribution in [0.5, 0.6) is 0 Å². The molecule has 1 N–H and O–H groups in total. The van der Waals surface area contributed by atoms with Gasteiger partial charge in [-0.15, -0.1) is 0 Å². The minimum atomic E-state index is -1.12. The number of nitrogens with zero attached hydrogens (tertiary/aromatic N) is 2. The normalized spacial score (nSPS) is 17.7. The number of carboxylic acids is 1. The number of likely N-dealkylation sites (N-methyl/N-ethyl adjacent to an activating group) is 1. The molecule has 0 bridgehead atoms. The highest BCUT2D eigenvalue weighted by Gasteiger charge is 2.46. The maximum atomic E-state index is 12.5. The maximum absolute atomic E-state index is 12.5. The first kappa shape index (κ1) is 15.5. The lowest BCUT2D eigenvalue weighted by Gasteiger charge is -2.40. The molecule has 0 aliphatic heterocycles. The van der Waals surface area contributed by atoms with E-state index in [0.29, 0.717) is 18.6 Å². The summed E-state index contributed by atoms with van der Waals surface area (Å²) in [5.41, 5.74) is -0.945. The van der Waals surface area contributed by atoms with E-state index in [-0.39, 0.29) is 11.6 Å². The SMILES string of the molecule is CC(C)c1cc(C(=O)N(C)C2(C(=O)O)CCCCC2)no1. The molecule has 0 radical (unpaired) electrons. The van der Waals surface area contributed by atoms with E-state index in [1.807, 2.05) is 13.8 Å². The Balaban J connectivity index is 2.25. The van der Waals surface area contributed by atoms with Gasteiger partial charge in [0.15, 0.2) is 5.69 Å². The maximum Gasteiger partial charge on any atom is 0.329 e. The number of amides is 1. The average Bonchev–Trinajstić information content (AvgIpc) is 2.96. The van der Waals surface area contributed by atoms with Crippen LogP contribution in [0.4, 0.5) is 0 Å². The van der Waals surface area contributed by atoms with Crippen LogP contribution in [-0.4, -0.2) is 39.6 Å². The van der Waals surface area contributed by atoms with Gasteiger partial charge >= 0.3 is 5.97 Å². The van der Waals surface area contributed by atoms with E-state index < -0.39 is 17.4 Å². The van der Waals surface area contributed by atoms with Crippen molar-refractivity contribution in [3.05, 3.63) is 17.5 Å². The van der Waals surface area contributed by atoms with E-state index in [9.17, 15) is 14.7 Å². The van der Waals surface area contributed by atoms with Gasteiger partial charge in [-0.05, 0) is 12.8 Å². The van der Waals surface area contributed by atoms with Crippen LogP contribution in [0, 0.1) is 0 Å². The summed E-state index contributed by atoms with van der Waals surface area (Å²) in [6.45, 7) is 3.89. The second-order valence-electron chi connectivity index (χ2n) is 6.03. The van der Waals surface area contributed by atoms with Gasteiger partial charge in [-0.25, -0.2) is 4.79 Å². The lowest BCUT2D eigenvalue weighted by atomic mass is 9.80. The topological polar surface area (TPSA) is 83.6 Å². The summed E-state index contributed by atoms with van der Waals surface area (Å²) in [6, 6.07) is 1.60. The predicted molar refractivity (Wildman–Crippen MR) is 76.1 cm³/mol. The highest BCUT2D eigenvalue weighted by atomic mass is 16.5. The average molecular weight is 294 g/mol. The molecule has 1 aromatic heterocycles. The lowest BCUT2D eigenvalue weighted by molar-refractivity contribution is -0.151. The number of hydrogen-bond donors (Lipinski definition) is 1. The van der Waals surface area contributed by atoms with Gasteiger partial charge in [-0.3, -0.25) is 4.79 Å². The molecule has 1 amide bonds. The van der Waals surface area contributed by atoms with Crippen LogP contribution in [-0.2, 0) is 4.79 Å². The van der Waals surface area contributed by atoms with Gasteiger partial charge in [0.1, 0.15) is 11.3 Å². The van der Waals surface area contributed by atoms with Crippen molar-refractivity contribution >= 4 is 11.9 Å². The number of carbonyl (C=O) groups is 2. The first-order valence-electron chi connectivity index (χ1n) is 7.36. The Hall–Kier alpha value is -1.85. The van der Waals surface area contributed by atoms with E-state index in [2.05, 4.69) is 5.16 Å². The van der Waals surface area contributed by atoms with E-state index >= 15 is 0 Å². The molecule has 1 aliphatic carbocycles. The van der Waals surface area contributed by atoms with Gasteiger partial charge in [-0.1, -0.05) is 38.3 Å². The van der Waals surface area contributed by atoms with Crippen molar-refractivity contribution in [2.45, 2.75) is 57.4 Å². The first-order chi connectivity index (χ1) is 9.88. The lowest BCUT2D eigenvalue weighted by Crippen LogP contribution is -2.56. The number of aromatic nitrogens is 1. The molecule has 21 heavy (non-hydrogen) atoms. The molecule has 1 heterocycles. The van der Waals surface area contributed by atoms with Crippen molar-refractivity contribution in [2.24, 2.45) is 0 Å². The first-order valence-corrected chi connectivity index (χ1v) is 7.36. The predicted octanol–water partition coefficient (Wildman–Crippen LogP) is 2.66. The number of carbonyl (C=O) groups excluding carboxylic acids is 1. The fraction of sp³-hybridized carbons (Fsp3) is 0.667. The van der Waals surface area contributed by atoms with Crippen molar-refractivity contribution in [1.82, 2.24) is 10.1 Å². The zero-order valence-corrected chi connectivity index (χ0v) is 12.8. The van der Waals surface area contributed by atoms with Gasteiger partial charge in [0.25, 0.3) is 5.91 Å². The van der Waals surface area contributed by atoms with Crippen LogP contribution in [0.15, 0.2) is 10.6 Å². The quantitative estimate of drug-likeness (QED) is 0.923. The van der Waals surface area contributed by atoms with Crippen LogP contribution in [0.2, 0.25) is 0 Å². The zero-order valence-electron chi connectivity index (χ0n) is 12.8. The summed E-state index contributed by atoms with van der Waals surface area (Å²) in [5.74, 6) is -0.576.